The van der Waals surface area contributed by atoms with E-state index in [1.807, 2.05) is 0 Å². The molecule has 0 aliphatic carbocycles. The van der Waals surface area contributed by atoms with Crippen molar-refractivity contribution in [3.63, 3.8) is 0 Å². The van der Waals surface area contributed by atoms with Gasteiger partial charge in [0.2, 0.25) is 0 Å². The van der Waals surface area contributed by atoms with Crippen LogP contribution in [0.2, 0.25) is 0 Å². The Hall–Kier alpha value is -2.37. The summed E-state index contributed by atoms with van der Waals surface area (Å²) >= 11 is 0. The molecule has 0 saturated carbocycles. The smallest absolute Gasteiger partial charge is 0.306 e. The van der Waals surface area contributed by atoms with Crippen LogP contribution in [-0.2, 0) is 28.6 Å². The molecule has 0 N–H and O–H groups in total. The van der Waals surface area contributed by atoms with Gasteiger partial charge in [0.1, 0.15) is 13.2 Å². The number of hydrogen-bond donors (Lipinski definition) is 0. The van der Waals surface area contributed by atoms with E-state index in [-0.39, 0.29) is 31.1 Å². The Kier molecular flexibility index (Phi) is 49.3. The number of allylic oxidation sites excluding steroid dienone is 6. The molecule has 1 atom stereocenters. The molecule has 0 fully saturated rings. The third-order valence-corrected chi connectivity index (χ3v) is 11.9. The lowest BCUT2D eigenvalue weighted by molar-refractivity contribution is -0.167. The van der Waals surface area contributed by atoms with Crippen LogP contribution in [0.1, 0.15) is 284 Å². The molecule has 0 aliphatic heterocycles. The second-order valence-corrected chi connectivity index (χ2v) is 18.1. The highest BCUT2D eigenvalue weighted by atomic mass is 16.6. The predicted molar refractivity (Wildman–Crippen MR) is 266 cm³/mol. The summed E-state index contributed by atoms with van der Waals surface area (Å²) in [5.74, 6) is -0.882. The second kappa shape index (κ2) is 51.3. The zero-order chi connectivity index (χ0) is 45.1. The molecule has 0 heterocycles. The van der Waals surface area contributed by atoms with E-state index in [0.29, 0.717) is 19.3 Å². The summed E-state index contributed by atoms with van der Waals surface area (Å²) < 4.78 is 16.8. The summed E-state index contributed by atoms with van der Waals surface area (Å²) in [6.07, 6.45) is 59.8. The molecule has 6 nitrogen and oxygen atoms in total. The van der Waals surface area contributed by atoms with Crippen molar-refractivity contribution in [2.24, 2.45) is 0 Å². The van der Waals surface area contributed by atoms with Gasteiger partial charge in [0.15, 0.2) is 6.10 Å². The SMILES string of the molecule is CCCCC/C=C\C/C=C\CCCCCCCC(=O)OC[C@H](COC(=O)CCCCCCCCC/C=C\CCCCCCCC)OC(=O)CCCCCCCCCCCCCC. The standard InChI is InChI=1S/C56H102O6/c1-4-7-10-13-16-19-22-25-27-28-30-32-35-37-40-43-46-49-55(58)61-52-53(62-56(59)50-47-44-41-38-33-24-21-18-15-12-9-6-3)51-60-54(57)48-45-42-39-36-34-31-29-26-23-20-17-14-11-8-5-2/h17,20,25-27,29,53H,4-16,18-19,21-24,28,30-52H2,1-3H3/b20-17-,27-25-,29-26-/t53-/m1/s1. The van der Waals surface area contributed by atoms with Crippen molar-refractivity contribution in [3.8, 4) is 0 Å². The average molecular weight is 871 g/mol. The Labute approximate surface area is 385 Å². The number of hydrogen-bond acceptors (Lipinski definition) is 6. The zero-order valence-corrected chi connectivity index (χ0v) is 41.4. The highest BCUT2D eigenvalue weighted by Gasteiger charge is 2.19. The lowest BCUT2D eigenvalue weighted by atomic mass is 10.0. The molecule has 0 bridgehead atoms. The monoisotopic (exact) mass is 871 g/mol. The number of unbranched alkanes of at least 4 members (excludes halogenated alkanes) is 32. The maximum absolute atomic E-state index is 12.8. The molecule has 0 rings (SSSR count). The third kappa shape index (κ3) is 48.7. The maximum atomic E-state index is 12.8. The molecular weight excluding hydrogens is 769 g/mol. The van der Waals surface area contributed by atoms with Gasteiger partial charge in [-0.2, -0.15) is 0 Å². The summed E-state index contributed by atoms with van der Waals surface area (Å²) in [5.41, 5.74) is 0. The summed E-state index contributed by atoms with van der Waals surface area (Å²) in [7, 11) is 0. The molecule has 0 aliphatic rings. The fourth-order valence-electron chi connectivity index (χ4n) is 7.76. The van der Waals surface area contributed by atoms with Crippen molar-refractivity contribution in [2.75, 3.05) is 13.2 Å². The average Bonchev–Trinajstić information content (AvgIpc) is 3.27. The highest BCUT2D eigenvalue weighted by molar-refractivity contribution is 5.71. The van der Waals surface area contributed by atoms with Gasteiger partial charge in [0.25, 0.3) is 0 Å². The van der Waals surface area contributed by atoms with Crippen molar-refractivity contribution >= 4 is 17.9 Å². The van der Waals surface area contributed by atoms with E-state index in [2.05, 4.69) is 57.2 Å². The number of carbonyl (C=O) groups excluding carboxylic acids is 3. The van der Waals surface area contributed by atoms with Gasteiger partial charge < -0.3 is 14.2 Å². The molecule has 62 heavy (non-hydrogen) atoms. The van der Waals surface area contributed by atoms with E-state index < -0.39 is 6.10 Å². The minimum absolute atomic E-state index is 0.0760. The number of ether oxygens (including phenoxy) is 3. The first-order valence-electron chi connectivity index (χ1n) is 27.0. The molecule has 0 saturated heterocycles. The first-order valence-corrected chi connectivity index (χ1v) is 27.0. The highest BCUT2D eigenvalue weighted by Crippen LogP contribution is 2.15. The van der Waals surface area contributed by atoms with Crippen LogP contribution in [-0.4, -0.2) is 37.2 Å². The Morgan fingerprint density at radius 2 is 0.581 bits per heavy atom. The molecule has 6 heteroatoms. The molecule has 0 aromatic heterocycles. The van der Waals surface area contributed by atoms with Crippen LogP contribution in [0, 0.1) is 0 Å². The van der Waals surface area contributed by atoms with Gasteiger partial charge >= 0.3 is 17.9 Å². The summed E-state index contributed by atoms with van der Waals surface area (Å²) in [4.78, 5) is 38.0. The normalized spacial score (nSPS) is 12.2. The quantitative estimate of drug-likeness (QED) is 0.0262. The van der Waals surface area contributed by atoms with Crippen molar-refractivity contribution in [3.05, 3.63) is 36.5 Å². The lowest BCUT2D eigenvalue weighted by Gasteiger charge is -2.18. The Balaban J connectivity index is 4.35. The minimum Gasteiger partial charge on any atom is -0.462 e. The van der Waals surface area contributed by atoms with Crippen molar-refractivity contribution in [2.45, 2.75) is 290 Å². The van der Waals surface area contributed by atoms with E-state index in [4.69, 9.17) is 14.2 Å². The fraction of sp³-hybridized carbons (Fsp3) is 0.839. The third-order valence-electron chi connectivity index (χ3n) is 11.9. The molecular formula is C56H102O6. The predicted octanol–water partition coefficient (Wildman–Crippen LogP) is 17.7. The Morgan fingerprint density at radius 3 is 0.935 bits per heavy atom. The number of rotatable bonds is 49. The van der Waals surface area contributed by atoms with Crippen LogP contribution in [0.5, 0.6) is 0 Å². The zero-order valence-electron chi connectivity index (χ0n) is 41.4. The molecule has 0 radical (unpaired) electrons. The van der Waals surface area contributed by atoms with E-state index >= 15 is 0 Å². The first kappa shape index (κ1) is 59.6. The van der Waals surface area contributed by atoms with Crippen LogP contribution < -0.4 is 0 Å². The Morgan fingerprint density at radius 1 is 0.323 bits per heavy atom. The largest absolute Gasteiger partial charge is 0.462 e. The van der Waals surface area contributed by atoms with Gasteiger partial charge in [-0.3, -0.25) is 14.4 Å². The van der Waals surface area contributed by atoms with Crippen molar-refractivity contribution < 1.29 is 28.6 Å². The van der Waals surface area contributed by atoms with E-state index in [1.54, 1.807) is 0 Å². The van der Waals surface area contributed by atoms with Crippen molar-refractivity contribution in [1.82, 2.24) is 0 Å². The number of carbonyl (C=O) groups is 3. The van der Waals surface area contributed by atoms with E-state index in [0.717, 1.165) is 77.0 Å². The minimum atomic E-state index is -0.775. The van der Waals surface area contributed by atoms with Gasteiger partial charge in [-0.1, -0.05) is 224 Å². The topological polar surface area (TPSA) is 78.9 Å². The summed E-state index contributed by atoms with van der Waals surface area (Å²) in [6.45, 7) is 6.61. The van der Waals surface area contributed by atoms with Crippen LogP contribution >= 0.6 is 0 Å². The first-order chi connectivity index (χ1) is 30.5. The molecule has 362 valence electrons. The van der Waals surface area contributed by atoms with Crippen LogP contribution in [0.15, 0.2) is 36.5 Å². The van der Waals surface area contributed by atoms with Gasteiger partial charge in [-0.15, -0.1) is 0 Å². The van der Waals surface area contributed by atoms with Gasteiger partial charge in [-0.05, 0) is 77.0 Å². The Bertz CT molecular complexity index is 1050. The molecule has 0 aromatic rings. The molecule has 0 aromatic carbocycles. The van der Waals surface area contributed by atoms with E-state index in [9.17, 15) is 14.4 Å². The maximum Gasteiger partial charge on any atom is 0.306 e. The van der Waals surface area contributed by atoms with Gasteiger partial charge in [0, 0.05) is 19.3 Å². The number of esters is 3. The van der Waals surface area contributed by atoms with Crippen molar-refractivity contribution in [1.29, 1.82) is 0 Å². The van der Waals surface area contributed by atoms with Crippen LogP contribution in [0.3, 0.4) is 0 Å². The van der Waals surface area contributed by atoms with E-state index in [1.165, 1.54) is 167 Å². The van der Waals surface area contributed by atoms with Gasteiger partial charge in [0.05, 0.1) is 0 Å². The van der Waals surface area contributed by atoms with Gasteiger partial charge in [-0.25, -0.2) is 0 Å². The lowest BCUT2D eigenvalue weighted by Crippen LogP contribution is -2.30. The second-order valence-electron chi connectivity index (χ2n) is 18.1. The van der Waals surface area contributed by atoms with Crippen LogP contribution in [0.4, 0.5) is 0 Å². The fourth-order valence-corrected chi connectivity index (χ4v) is 7.76. The summed E-state index contributed by atoms with van der Waals surface area (Å²) in [6, 6.07) is 0. The summed E-state index contributed by atoms with van der Waals surface area (Å²) in [5, 5.41) is 0. The molecule has 0 amide bonds. The molecule has 0 unspecified atom stereocenters. The van der Waals surface area contributed by atoms with Crippen LogP contribution in [0.25, 0.3) is 0 Å². The molecule has 0 spiro atoms.